The van der Waals surface area contributed by atoms with Crippen LogP contribution in [0.25, 0.3) is 0 Å². The van der Waals surface area contributed by atoms with Crippen molar-refractivity contribution < 1.29 is 18.7 Å². The van der Waals surface area contributed by atoms with Crippen molar-refractivity contribution in [3.63, 3.8) is 0 Å². The summed E-state index contributed by atoms with van der Waals surface area (Å²) in [5, 5.41) is 12.0. The standard InChI is InChI=1S/C11H20F2N2O2/c1-8-6-14-3-2-9(8)11(17)15(4-5-16)7-10(12)13/h8-10,14,16H,2-7H2,1H3. The van der Waals surface area contributed by atoms with Crippen LogP contribution in [0.15, 0.2) is 0 Å². The van der Waals surface area contributed by atoms with Gasteiger partial charge in [-0.15, -0.1) is 0 Å². The second kappa shape index (κ2) is 6.86. The lowest BCUT2D eigenvalue weighted by atomic mass is 9.86. The number of alkyl halides is 2. The van der Waals surface area contributed by atoms with Gasteiger partial charge in [-0.05, 0) is 25.4 Å². The van der Waals surface area contributed by atoms with Crippen LogP contribution in [0.3, 0.4) is 0 Å². The Hall–Kier alpha value is -0.750. The minimum absolute atomic E-state index is 0.0141. The van der Waals surface area contributed by atoms with E-state index in [0.717, 1.165) is 18.0 Å². The Balaban J connectivity index is 2.61. The summed E-state index contributed by atoms with van der Waals surface area (Å²) in [4.78, 5) is 13.2. The third-order valence-electron chi connectivity index (χ3n) is 3.14. The molecule has 0 aliphatic carbocycles. The van der Waals surface area contributed by atoms with Crippen LogP contribution in [-0.2, 0) is 4.79 Å². The van der Waals surface area contributed by atoms with E-state index in [1.807, 2.05) is 6.92 Å². The maximum Gasteiger partial charge on any atom is 0.255 e. The number of aliphatic hydroxyl groups excluding tert-OH is 1. The molecule has 0 saturated carbocycles. The minimum Gasteiger partial charge on any atom is -0.395 e. The van der Waals surface area contributed by atoms with Gasteiger partial charge in [-0.25, -0.2) is 8.78 Å². The predicted octanol–water partition coefficient (Wildman–Crippen LogP) is 0.318. The van der Waals surface area contributed by atoms with Gasteiger partial charge in [-0.2, -0.15) is 0 Å². The first-order valence-electron chi connectivity index (χ1n) is 5.94. The molecule has 2 N–H and O–H groups in total. The molecule has 6 heteroatoms. The Morgan fingerprint density at radius 2 is 2.29 bits per heavy atom. The average molecular weight is 250 g/mol. The van der Waals surface area contributed by atoms with E-state index in [2.05, 4.69) is 5.32 Å². The first kappa shape index (κ1) is 14.3. The van der Waals surface area contributed by atoms with Crippen molar-refractivity contribution in [2.75, 3.05) is 32.8 Å². The molecule has 1 heterocycles. The zero-order valence-electron chi connectivity index (χ0n) is 10.0. The molecule has 2 atom stereocenters. The monoisotopic (exact) mass is 250 g/mol. The number of hydrogen-bond acceptors (Lipinski definition) is 3. The van der Waals surface area contributed by atoms with Gasteiger partial charge in [-0.1, -0.05) is 6.92 Å². The molecule has 0 aromatic carbocycles. The van der Waals surface area contributed by atoms with Crippen molar-refractivity contribution in [1.29, 1.82) is 0 Å². The van der Waals surface area contributed by atoms with Gasteiger partial charge in [0, 0.05) is 12.5 Å². The summed E-state index contributed by atoms with van der Waals surface area (Å²) in [6.07, 6.45) is -1.88. The largest absolute Gasteiger partial charge is 0.395 e. The van der Waals surface area contributed by atoms with Crippen molar-refractivity contribution in [2.45, 2.75) is 19.8 Å². The van der Waals surface area contributed by atoms with E-state index in [1.165, 1.54) is 0 Å². The molecule has 0 bridgehead atoms. The summed E-state index contributed by atoms with van der Waals surface area (Å²) in [6, 6.07) is 0. The molecule has 0 spiro atoms. The number of carbonyl (C=O) groups excluding carboxylic acids is 1. The van der Waals surface area contributed by atoms with Crippen molar-refractivity contribution in [3.05, 3.63) is 0 Å². The number of aliphatic hydroxyl groups is 1. The van der Waals surface area contributed by atoms with Gasteiger partial charge in [0.1, 0.15) is 0 Å². The van der Waals surface area contributed by atoms with Gasteiger partial charge in [0.2, 0.25) is 5.91 Å². The average Bonchev–Trinajstić information content (AvgIpc) is 2.28. The van der Waals surface area contributed by atoms with E-state index in [0.29, 0.717) is 6.42 Å². The third-order valence-corrected chi connectivity index (χ3v) is 3.14. The molecule has 1 amide bonds. The highest BCUT2D eigenvalue weighted by Crippen LogP contribution is 2.21. The summed E-state index contributed by atoms with van der Waals surface area (Å²) in [5.41, 5.74) is 0. The molecule has 1 fully saturated rings. The fourth-order valence-corrected chi connectivity index (χ4v) is 2.19. The first-order chi connectivity index (χ1) is 8.06. The van der Waals surface area contributed by atoms with Crippen LogP contribution in [0.5, 0.6) is 0 Å². The van der Waals surface area contributed by atoms with E-state index < -0.39 is 13.0 Å². The Morgan fingerprint density at radius 1 is 1.59 bits per heavy atom. The number of carbonyl (C=O) groups is 1. The number of amides is 1. The molecular formula is C11H20F2N2O2. The van der Waals surface area contributed by atoms with Crippen molar-refractivity contribution in [2.24, 2.45) is 11.8 Å². The zero-order valence-corrected chi connectivity index (χ0v) is 10.0. The fraction of sp³-hybridized carbons (Fsp3) is 0.909. The van der Waals surface area contributed by atoms with Crippen LogP contribution in [0, 0.1) is 11.8 Å². The predicted molar refractivity (Wildman–Crippen MR) is 59.8 cm³/mol. The lowest BCUT2D eigenvalue weighted by molar-refractivity contribution is -0.140. The van der Waals surface area contributed by atoms with E-state index in [4.69, 9.17) is 5.11 Å². The van der Waals surface area contributed by atoms with E-state index in [-0.39, 0.29) is 30.9 Å². The van der Waals surface area contributed by atoms with Gasteiger partial charge in [-0.3, -0.25) is 4.79 Å². The summed E-state index contributed by atoms with van der Waals surface area (Å²) >= 11 is 0. The highest BCUT2D eigenvalue weighted by Gasteiger charge is 2.31. The second-order valence-corrected chi connectivity index (χ2v) is 4.48. The number of nitrogens with one attached hydrogen (secondary N) is 1. The number of hydrogen-bond donors (Lipinski definition) is 2. The van der Waals surface area contributed by atoms with Crippen molar-refractivity contribution in [1.82, 2.24) is 10.2 Å². The zero-order chi connectivity index (χ0) is 12.8. The number of piperidine rings is 1. The van der Waals surface area contributed by atoms with Crippen LogP contribution < -0.4 is 5.32 Å². The van der Waals surface area contributed by atoms with Crippen LogP contribution in [-0.4, -0.2) is 55.1 Å². The van der Waals surface area contributed by atoms with Crippen molar-refractivity contribution in [3.8, 4) is 0 Å². The van der Waals surface area contributed by atoms with Crippen LogP contribution in [0.2, 0.25) is 0 Å². The van der Waals surface area contributed by atoms with Gasteiger partial charge in [0.15, 0.2) is 0 Å². The van der Waals surface area contributed by atoms with Gasteiger partial charge < -0.3 is 15.3 Å². The summed E-state index contributed by atoms with van der Waals surface area (Å²) in [7, 11) is 0. The maximum absolute atomic E-state index is 12.3. The molecule has 17 heavy (non-hydrogen) atoms. The van der Waals surface area contributed by atoms with Gasteiger partial charge in [0.05, 0.1) is 13.2 Å². The molecule has 4 nitrogen and oxygen atoms in total. The third kappa shape index (κ3) is 4.20. The summed E-state index contributed by atoms with van der Waals surface area (Å²) in [5.74, 6) is -0.315. The van der Waals surface area contributed by atoms with E-state index in [1.54, 1.807) is 0 Å². The molecular weight excluding hydrogens is 230 g/mol. The molecule has 1 saturated heterocycles. The lowest BCUT2D eigenvalue weighted by Gasteiger charge is -2.33. The first-order valence-corrected chi connectivity index (χ1v) is 5.94. The minimum atomic E-state index is -2.55. The quantitative estimate of drug-likeness (QED) is 0.739. The van der Waals surface area contributed by atoms with Crippen LogP contribution >= 0.6 is 0 Å². The van der Waals surface area contributed by atoms with Crippen LogP contribution in [0.4, 0.5) is 8.78 Å². The van der Waals surface area contributed by atoms with E-state index >= 15 is 0 Å². The molecule has 100 valence electrons. The molecule has 2 unspecified atom stereocenters. The Morgan fingerprint density at radius 3 is 2.82 bits per heavy atom. The number of nitrogens with zero attached hydrogens (tertiary/aromatic N) is 1. The lowest BCUT2D eigenvalue weighted by Crippen LogP contribution is -2.47. The molecule has 1 aliphatic heterocycles. The Kier molecular flexibility index (Phi) is 5.77. The second-order valence-electron chi connectivity index (χ2n) is 4.48. The van der Waals surface area contributed by atoms with Gasteiger partial charge in [0.25, 0.3) is 6.43 Å². The number of rotatable bonds is 5. The Labute approximate surface area is 100.0 Å². The SMILES string of the molecule is CC1CNCCC1C(=O)N(CCO)CC(F)F. The van der Waals surface area contributed by atoms with Gasteiger partial charge >= 0.3 is 0 Å². The normalized spacial score (nSPS) is 25.0. The maximum atomic E-state index is 12.3. The highest BCUT2D eigenvalue weighted by molar-refractivity contribution is 5.79. The van der Waals surface area contributed by atoms with Crippen LogP contribution in [0.1, 0.15) is 13.3 Å². The smallest absolute Gasteiger partial charge is 0.255 e. The topological polar surface area (TPSA) is 52.6 Å². The molecule has 0 radical (unpaired) electrons. The highest BCUT2D eigenvalue weighted by atomic mass is 19.3. The summed E-state index contributed by atoms with van der Waals surface area (Å²) in [6.45, 7) is 2.53. The number of halogens is 2. The summed E-state index contributed by atoms with van der Waals surface area (Å²) < 4.78 is 24.7. The van der Waals surface area contributed by atoms with Crippen molar-refractivity contribution >= 4 is 5.91 Å². The fourth-order valence-electron chi connectivity index (χ4n) is 2.19. The Bertz CT molecular complexity index is 252. The molecule has 1 aliphatic rings. The molecule has 1 rings (SSSR count). The molecule has 0 aromatic rings. The van der Waals surface area contributed by atoms with E-state index in [9.17, 15) is 13.6 Å². The molecule has 0 aromatic heterocycles.